The minimum Gasteiger partial charge on any atom is -0.287 e. The Hall–Kier alpha value is -0.120. The third kappa shape index (κ3) is 6.35. The van der Waals surface area contributed by atoms with Crippen molar-refractivity contribution in [1.29, 1.82) is 0 Å². The lowest BCUT2D eigenvalue weighted by Gasteiger charge is -2.10. The van der Waals surface area contributed by atoms with Crippen LogP contribution >= 0.6 is 11.8 Å². The van der Waals surface area contributed by atoms with Crippen molar-refractivity contribution in [2.75, 3.05) is 5.75 Å². The highest BCUT2D eigenvalue weighted by Gasteiger charge is 2.17. The van der Waals surface area contributed by atoms with Gasteiger partial charge in [0.1, 0.15) is 12.3 Å². The molecule has 0 heterocycles. The molecule has 0 saturated carbocycles. The number of carbonyl (C=O) groups excluding carboxylic acids is 1. The summed E-state index contributed by atoms with van der Waals surface area (Å²) in [4.78, 5) is 10.8. The van der Waals surface area contributed by atoms with Crippen molar-refractivity contribution in [3.05, 3.63) is 0 Å². The summed E-state index contributed by atoms with van der Waals surface area (Å²) in [5, 5.41) is 0.118. The van der Waals surface area contributed by atoms with Crippen LogP contribution in [0.4, 0.5) is 8.78 Å². The molecule has 0 radical (unpaired) electrons. The van der Waals surface area contributed by atoms with E-state index in [-0.39, 0.29) is 18.0 Å². The molecular formula is C10H18F2OS. The Kier molecular flexibility index (Phi) is 8.14. The van der Waals surface area contributed by atoms with Crippen molar-refractivity contribution in [1.82, 2.24) is 0 Å². The summed E-state index contributed by atoms with van der Waals surface area (Å²) in [5.74, 6) is 0.601. The third-order valence-corrected chi connectivity index (χ3v) is 3.06. The smallest absolute Gasteiger partial charge is 0.188 e. The van der Waals surface area contributed by atoms with Crippen LogP contribution in [0.15, 0.2) is 0 Å². The van der Waals surface area contributed by atoms with Gasteiger partial charge in [-0.1, -0.05) is 25.6 Å². The van der Waals surface area contributed by atoms with E-state index in [1.54, 1.807) is 13.8 Å². The van der Waals surface area contributed by atoms with Crippen LogP contribution in [0, 0.1) is 0 Å². The van der Waals surface area contributed by atoms with Crippen molar-refractivity contribution in [2.24, 2.45) is 0 Å². The van der Waals surface area contributed by atoms with Crippen molar-refractivity contribution in [3.63, 3.8) is 0 Å². The molecule has 0 aromatic rings. The topological polar surface area (TPSA) is 17.1 Å². The van der Waals surface area contributed by atoms with Crippen LogP contribution in [0.3, 0.4) is 0 Å². The first-order valence-electron chi connectivity index (χ1n) is 5.05. The fourth-order valence-corrected chi connectivity index (χ4v) is 1.75. The molecule has 0 aromatic carbocycles. The molecule has 14 heavy (non-hydrogen) atoms. The lowest BCUT2D eigenvalue weighted by Crippen LogP contribution is -2.16. The maximum Gasteiger partial charge on any atom is 0.188 e. The first-order chi connectivity index (χ1) is 6.61. The number of halogens is 2. The van der Waals surface area contributed by atoms with Crippen LogP contribution in [0.25, 0.3) is 0 Å². The molecule has 2 unspecified atom stereocenters. The van der Waals surface area contributed by atoms with E-state index in [4.69, 9.17) is 0 Å². The molecule has 0 aliphatic heterocycles. The van der Waals surface area contributed by atoms with Gasteiger partial charge in [0, 0.05) is 12.2 Å². The number of rotatable bonds is 7. The molecule has 0 fully saturated rings. The normalized spacial score (nSPS) is 15.1. The Morgan fingerprint density at radius 1 is 1.29 bits per heavy atom. The Balaban J connectivity index is 3.40. The zero-order valence-electron chi connectivity index (χ0n) is 8.76. The molecule has 84 valence electrons. The molecule has 0 amide bonds. The second kappa shape index (κ2) is 8.21. The van der Waals surface area contributed by atoms with Crippen LogP contribution in [-0.4, -0.2) is 23.2 Å². The number of hydrogen-bond acceptors (Lipinski definition) is 2. The quantitative estimate of drug-likeness (QED) is 0.615. The van der Waals surface area contributed by atoms with Gasteiger partial charge < -0.3 is 0 Å². The van der Waals surface area contributed by atoms with E-state index in [2.05, 4.69) is 0 Å². The molecule has 0 spiro atoms. The van der Waals surface area contributed by atoms with Gasteiger partial charge in [0.25, 0.3) is 0 Å². The monoisotopic (exact) mass is 224 g/mol. The zero-order chi connectivity index (χ0) is 11.0. The molecule has 0 aliphatic carbocycles. The highest BCUT2D eigenvalue weighted by molar-refractivity contribution is 8.13. The van der Waals surface area contributed by atoms with Gasteiger partial charge in [-0.25, -0.2) is 8.78 Å². The minimum atomic E-state index is -1.36. The predicted molar refractivity (Wildman–Crippen MR) is 57.1 cm³/mol. The average Bonchev–Trinajstić information content (AvgIpc) is 2.22. The summed E-state index contributed by atoms with van der Waals surface area (Å²) in [6.07, 6.45) is -1.19. The fourth-order valence-electron chi connectivity index (χ4n) is 1.00. The van der Waals surface area contributed by atoms with E-state index >= 15 is 0 Å². The largest absolute Gasteiger partial charge is 0.287 e. The molecule has 0 N–H and O–H groups in total. The zero-order valence-corrected chi connectivity index (χ0v) is 9.58. The Labute approximate surface area is 88.6 Å². The summed E-state index contributed by atoms with van der Waals surface area (Å²) in [7, 11) is 0. The van der Waals surface area contributed by atoms with Crippen LogP contribution in [0.5, 0.6) is 0 Å². The summed E-state index contributed by atoms with van der Waals surface area (Å²) in [5.41, 5.74) is 0. The Bertz CT molecular complexity index is 164. The number of thioether (sulfide) groups is 1. The molecule has 0 aromatic heterocycles. The van der Waals surface area contributed by atoms with E-state index in [9.17, 15) is 13.6 Å². The highest BCUT2D eigenvalue weighted by atomic mass is 32.2. The third-order valence-electron chi connectivity index (χ3n) is 1.96. The van der Waals surface area contributed by atoms with Crippen molar-refractivity contribution >= 4 is 16.9 Å². The second-order valence-electron chi connectivity index (χ2n) is 3.16. The molecular weight excluding hydrogens is 206 g/mol. The van der Waals surface area contributed by atoms with Gasteiger partial charge in [-0.3, -0.25) is 4.79 Å². The average molecular weight is 224 g/mol. The number of hydrogen-bond donors (Lipinski definition) is 0. The van der Waals surface area contributed by atoms with Gasteiger partial charge >= 0.3 is 0 Å². The summed E-state index contributed by atoms with van der Waals surface area (Å²) in [6.45, 7) is 3.43. The number of carbonyl (C=O) groups is 1. The molecule has 1 nitrogen and oxygen atoms in total. The summed E-state index contributed by atoms with van der Waals surface area (Å²) >= 11 is 1.21. The first kappa shape index (κ1) is 13.9. The molecule has 0 aliphatic rings. The van der Waals surface area contributed by atoms with Crippen LogP contribution in [0.2, 0.25) is 0 Å². The molecule has 2 atom stereocenters. The van der Waals surface area contributed by atoms with E-state index in [1.807, 2.05) is 0 Å². The van der Waals surface area contributed by atoms with E-state index in [0.717, 1.165) is 0 Å². The summed E-state index contributed by atoms with van der Waals surface area (Å²) < 4.78 is 25.7. The maximum absolute atomic E-state index is 12.9. The van der Waals surface area contributed by atoms with Gasteiger partial charge in [-0.15, -0.1) is 0 Å². The maximum atomic E-state index is 12.9. The Morgan fingerprint density at radius 3 is 2.43 bits per heavy atom. The van der Waals surface area contributed by atoms with E-state index < -0.39 is 12.3 Å². The SMILES string of the molecule is CCC(=O)SCCCC(F)C(F)CC. The van der Waals surface area contributed by atoms with Crippen LogP contribution < -0.4 is 0 Å². The lowest BCUT2D eigenvalue weighted by atomic mass is 10.1. The van der Waals surface area contributed by atoms with Crippen LogP contribution in [-0.2, 0) is 4.79 Å². The molecule has 0 saturated heterocycles. The van der Waals surface area contributed by atoms with Gasteiger partial charge in [0.15, 0.2) is 5.12 Å². The standard InChI is InChI=1S/C10H18F2OS/c1-3-8(11)9(12)6-5-7-14-10(13)4-2/h8-9H,3-7H2,1-2H3. The molecule has 4 heteroatoms. The number of alkyl halides is 2. The van der Waals surface area contributed by atoms with Gasteiger partial charge in [-0.05, 0) is 19.3 Å². The van der Waals surface area contributed by atoms with Gasteiger partial charge in [0.05, 0.1) is 0 Å². The Morgan fingerprint density at radius 2 is 1.93 bits per heavy atom. The van der Waals surface area contributed by atoms with Gasteiger partial charge in [-0.2, -0.15) is 0 Å². The van der Waals surface area contributed by atoms with E-state index in [0.29, 0.717) is 18.6 Å². The van der Waals surface area contributed by atoms with E-state index in [1.165, 1.54) is 11.8 Å². The van der Waals surface area contributed by atoms with Crippen molar-refractivity contribution in [2.45, 2.75) is 51.9 Å². The lowest BCUT2D eigenvalue weighted by molar-refractivity contribution is -0.110. The van der Waals surface area contributed by atoms with Gasteiger partial charge in [0.2, 0.25) is 0 Å². The minimum absolute atomic E-state index is 0.118. The second-order valence-corrected chi connectivity index (χ2v) is 4.31. The fraction of sp³-hybridized carbons (Fsp3) is 0.900. The molecule has 0 bridgehead atoms. The predicted octanol–water partition coefficient (Wildman–Crippen LogP) is 3.52. The molecule has 0 rings (SSSR count). The van der Waals surface area contributed by atoms with Crippen LogP contribution in [0.1, 0.15) is 39.5 Å². The first-order valence-corrected chi connectivity index (χ1v) is 6.04. The highest BCUT2D eigenvalue weighted by Crippen LogP contribution is 2.16. The summed E-state index contributed by atoms with van der Waals surface area (Å²) in [6, 6.07) is 0. The van der Waals surface area contributed by atoms with Crippen molar-refractivity contribution in [3.8, 4) is 0 Å². The van der Waals surface area contributed by atoms with Crippen molar-refractivity contribution < 1.29 is 13.6 Å².